The van der Waals surface area contributed by atoms with E-state index in [2.05, 4.69) is 10.5 Å². The molecular weight excluding hydrogens is 381 g/mol. The third kappa shape index (κ3) is 6.34. The minimum Gasteiger partial charge on any atom is -0.386 e. The standard InChI is InChI=1S/C17H15Cl2N3O4/c18-14-5-4-13(16(19)9-14)6-7-20-17(23)11-26-21-10-12-2-1-3-15(8-12)22(24)25/h1-5,8-10H,6-7,11H2,(H,20,23)/b21-10-. The number of carbonyl (C=O) groups is 1. The first-order valence-electron chi connectivity index (χ1n) is 7.56. The smallest absolute Gasteiger partial charge is 0.270 e. The van der Waals surface area contributed by atoms with Crippen LogP contribution < -0.4 is 5.32 Å². The predicted molar refractivity (Wildman–Crippen MR) is 99.8 cm³/mol. The molecule has 0 spiro atoms. The van der Waals surface area contributed by atoms with Crippen LogP contribution in [0.25, 0.3) is 0 Å². The first kappa shape index (κ1) is 19.7. The van der Waals surface area contributed by atoms with E-state index in [1.807, 2.05) is 0 Å². The Kier molecular flexibility index (Phi) is 7.37. The van der Waals surface area contributed by atoms with E-state index in [0.717, 1.165) is 5.56 Å². The first-order chi connectivity index (χ1) is 12.5. The van der Waals surface area contributed by atoms with Crippen LogP contribution in [0.5, 0.6) is 0 Å². The van der Waals surface area contributed by atoms with E-state index in [-0.39, 0.29) is 18.2 Å². The fraction of sp³-hybridized carbons (Fsp3) is 0.176. The first-order valence-corrected chi connectivity index (χ1v) is 8.31. The average Bonchev–Trinajstić information content (AvgIpc) is 2.61. The zero-order chi connectivity index (χ0) is 18.9. The van der Waals surface area contributed by atoms with Crippen LogP contribution in [0, 0.1) is 10.1 Å². The SMILES string of the molecule is O=C(CO/N=C\c1cccc([N+](=O)[O-])c1)NCCc1ccc(Cl)cc1Cl. The zero-order valence-corrected chi connectivity index (χ0v) is 15.0. The van der Waals surface area contributed by atoms with E-state index < -0.39 is 4.92 Å². The van der Waals surface area contributed by atoms with E-state index in [4.69, 9.17) is 28.0 Å². The van der Waals surface area contributed by atoms with Gasteiger partial charge in [0.25, 0.3) is 11.6 Å². The molecule has 26 heavy (non-hydrogen) atoms. The van der Waals surface area contributed by atoms with Gasteiger partial charge in [0.15, 0.2) is 6.61 Å². The number of hydrogen-bond acceptors (Lipinski definition) is 5. The Balaban J connectivity index is 1.71. The largest absolute Gasteiger partial charge is 0.386 e. The summed E-state index contributed by atoms with van der Waals surface area (Å²) in [4.78, 5) is 26.7. The van der Waals surface area contributed by atoms with Crippen LogP contribution in [0.3, 0.4) is 0 Å². The maximum Gasteiger partial charge on any atom is 0.270 e. The zero-order valence-electron chi connectivity index (χ0n) is 13.5. The number of hydrogen-bond donors (Lipinski definition) is 1. The number of benzene rings is 2. The van der Waals surface area contributed by atoms with Crippen molar-refractivity contribution in [1.29, 1.82) is 0 Å². The molecule has 0 saturated heterocycles. The van der Waals surface area contributed by atoms with Crippen LogP contribution in [-0.2, 0) is 16.1 Å². The molecule has 1 N–H and O–H groups in total. The number of amides is 1. The van der Waals surface area contributed by atoms with Crippen molar-refractivity contribution in [3.63, 3.8) is 0 Å². The summed E-state index contributed by atoms with van der Waals surface area (Å²) in [5.41, 5.74) is 1.32. The van der Waals surface area contributed by atoms with Gasteiger partial charge in [0.05, 0.1) is 11.1 Å². The third-order valence-electron chi connectivity index (χ3n) is 3.28. The third-order valence-corrected chi connectivity index (χ3v) is 3.87. The normalized spacial score (nSPS) is 10.7. The van der Waals surface area contributed by atoms with Crippen LogP contribution in [0.1, 0.15) is 11.1 Å². The number of rotatable bonds is 8. The molecule has 2 aromatic carbocycles. The van der Waals surface area contributed by atoms with Crippen molar-refractivity contribution in [3.05, 3.63) is 73.8 Å². The highest BCUT2D eigenvalue weighted by atomic mass is 35.5. The predicted octanol–water partition coefficient (Wildman–Crippen LogP) is 3.61. The lowest BCUT2D eigenvalue weighted by atomic mass is 10.1. The number of carbonyl (C=O) groups excluding carboxylic acids is 1. The highest BCUT2D eigenvalue weighted by Crippen LogP contribution is 2.21. The fourth-order valence-corrected chi connectivity index (χ4v) is 2.53. The Morgan fingerprint density at radius 2 is 2.08 bits per heavy atom. The van der Waals surface area contributed by atoms with E-state index in [1.165, 1.54) is 24.4 Å². The summed E-state index contributed by atoms with van der Waals surface area (Å²) in [6.45, 7) is 0.123. The van der Waals surface area contributed by atoms with Crippen LogP contribution in [-0.4, -0.2) is 30.2 Å². The van der Waals surface area contributed by atoms with Gasteiger partial charge in [0, 0.05) is 34.3 Å². The van der Waals surface area contributed by atoms with Gasteiger partial charge in [-0.3, -0.25) is 14.9 Å². The van der Waals surface area contributed by atoms with Crippen LogP contribution in [0.15, 0.2) is 47.6 Å². The Morgan fingerprint density at radius 1 is 1.27 bits per heavy atom. The molecule has 0 fully saturated rings. The van der Waals surface area contributed by atoms with Crippen molar-refractivity contribution >= 4 is 41.0 Å². The summed E-state index contributed by atoms with van der Waals surface area (Å²) < 4.78 is 0. The molecule has 2 rings (SSSR count). The van der Waals surface area contributed by atoms with Gasteiger partial charge < -0.3 is 10.2 Å². The summed E-state index contributed by atoms with van der Waals surface area (Å²) in [5.74, 6) is -0.341. The van der Waals surface area contributed by atoms with Crippen molar-refractivity contribution in [1.82, 2.24) is 5.32 Å². The van der Waals surface area contributed by atoms with E-state index in [1.54, 1.807) is 24.3 Å². The summed E-state index contributed by atoms with van der Waals surface area (Å²) in [6, 6.07) is 11.1. The molecule has 0 atom stereocenters. The monoisotopic (exact) mass is 395 g/mol. The summed E-state index contributed by atoms with van der Waals surface area (Å²) in [5, 5.41) is 18.1. The number of nitrogens with one attached hydrogen (secondary N) is 1. The highest BCUT2D eigenvalue weighted by molar-refractivity contribution is 6.35. The molecule has 0 unspecified atom stereocenters. The number of non-ortho nitro benzene ring substituents is 1. The lowest BCUT2D eigenvalue weighted by Gasteiger charge is -2.06. The molecule has 1 amide bonds. The minimum atomic E-state index is -0.501. The number of halogens is 2. The highest BCUT2D eigenvalue weighted by Gasteiger charge is 2.05. The van der Waals surface area contributed by atoms with Gasteiger partial charge in [-0.15, -0.1) is 0 Å². The molecule has 0 aliphatic carbocycles. The van der Waals surface area contributed by atoms with E-state index in [0.29, 0.717) is 28.6 Å². The number of nitro benzene ring substituents is 1. The van der Waals surface area contributed by atoms with Gasteiger partial charge >= 0.3 is 0 Å². The molecular formula is C17H15Cl2N3O4. The molecule has 0 aliphatic heterocycles. The van der Waals surface area contributed by atoms with Gasteiger partial charge in [0.1, 0.15) is 0 Å². The summed E-state index contributed by atoms with van der Waals surface area (Å²) in [7, 11) is 0. The van der Waals surface area contributed by atoms with Gasteiger partial charge in [-0.05, 0) is 24.1 Å². The fourth-order valence-electron chi connectivity index (χ4n) is 2.02. The van der Waals surface area contributed by atoms with E-state index in [9.17, 15) is 14.9 Å². The molecule has 9 heteroatoms. The number of oxime groups is 1. The second kappa shape index (κ2) is 9.74. The molecule has 0 radical (unpaired) electrons. The van der Waals surface area contributed by atoms with Gasteiger partial charge in [-0.25, -0.2) is 0 Å². The topological polar surface area (TPSA) is 93.8 Å². The quantitative estimate of drug-likeness (QED) is 0.419. The summed E-state index contributed by atoms with van der Waals surface area (Å²) >= 11 is 11.9. The number of nitrogens with zero attached hydrogens (tertiary/aromatic N) is 2. The Bertz CT molecular complexity index is 827. The Labute approximate surface area is 159 Å². The van der Waals surface area contributed by atoms with Crippen molar-refractivity contribution in [2.45, 2.75) is 6.42 Å². The van der Waals surface area contributed by atoms with Crippen molar-refractivity contribution < 1.29 is 14.6 Å². The van der Waals surface area contributed by atoms with Crippen LogP contribution in [0.4, 0.5) is 5.69 Å². The molecule has 7 nitrogen and oxygen atoms in total. The molecule has 0 heterocycles. The molecule has 0 aliphatic rings. The van der Waals surface area contributed by atoms with Crippen molar-refractivity contribution in [2.24, 2.45) is 5.16 Å². The second-order valence-corrected chi connectivity index (χ2v) is 6.04. The lowest BCUT2D eigenvalue weighted by molar-refractivity contribution is -0.384. The molecule has 2 aromatic rings. The maximum absolute atomic E-state index is 11.7. The maximum atomic E-state index is 11.7. The second-order valence-electron chi connectivity index (χ2n) is 5.20. The number of nitro groups is 1. The van der Waals surface area contributed by atoms with E-state index >= 15 is 0 Å². The van der Waals surface area contributed by atoms with Crippen molar-refractivity contribution in [3.8, 4) is 0 Å². The lowest BCUT2D eigenvalue weighted by Crippen LogP contribution is -2.28. The molecule has 0 saturated carbocycles. The van der Waals surface area contributed by atoms with Crippen LogP contribution >= 0.6 is 23.2 Å². The molecule has 136 valence electrons. The van der Waals surface area contributed by atoms with Crippen LogP contribution in [0.2, 0.25) is 10.0 Å². The molecule has 0 bridgehead atoms. The molecule has 0 aromatic heterocycles. The average molecular weight is 396 g/mol. The minimum absolute atomic E-state index is 0.0486. The van der Waals surface area contributed by atoms with Gasteiger partial charge in [-0.2, -0.15) is 0 Å². The Hall–Kier alpha value is -2.64. The van der Waals surface area contributed by atoms with Gasteiger partial charge in [0.2, 0.25) is 0 Å². The van der Waals surface area contributed by atoms with Gasteiger partial charge in [-0.1, -0.05) is 46.6 Å². The summed E-state index contributed by atoms with van der Waals surface area (Å²) in [6.07, 6.45) is 1.85. The van der Waals surface area contributed by atoms with Crippen molar-refractivity contribution in [2.75, 3.05) is 13.2 Å². The Morgan fingerprint density at radius 3 is 2.81 bits per heavy atom.